The number of rotatable bonds is 4. The number of hydrogen-bond acceptors (Lipinski definition) is 4. The number of halogens is 2. The third kappa shape index (κ3) is 4.54. The van der Waals surface area contributed by atoms with Crippen LogP contribution in [-0.2, 0) is 9.53 Å². The topological polar surface area (TPSA) is 84.5 Å². The minimum absolute atomic E-state index is 0.150. The fourth-order valence-electron chi connectivity index (χ4n) is 2.00. The Morgan fingerprint density at radius 1 is 1.08 bits per heavy atom. The maximum atomic E-state index is 13.9. The first-order valence-electron chi connectivity index (χ1n) is 7.16. The van der Waals surface area contributed by atoms with Gasteiger partial charge >= 0.3 is 12.0 Å². The summed E-state index contributed by atoms with van der Waals surface area (Å²) in [7, 11) is 1.32. The molecule has 0 saturated carbocycles. The SMILES string of the molecule is CNC(=O)NC(=O)C(OC(=O)c1c(F)cccc1Cl)c1ccccc1. The van der Waals surface area contributed by atoms with Crippen molar-refractivity contribution >= 4 is 29.5 Å². The predicted molar refractivity (Wildman–Crippen MR) is 88.6 cm³/mol. The van der Waals surface area contributed by atoms with E-state index in [-0.39, 0.29) is 5.02 Å². The molecular formula is C17H14ClFN2O4. The molecule has 3 amide bonds. The van der Waals surface area contributed by atoms with Gasteiger partial charge in [-0.1, -0.05) is 48.0 Å². The second kappa shape index (κ2) is 8.25. The molecule has 130 valence electrons. The van der Waals surface area contributed by atoms with Crippen LogP contribution in [0.2, 0.25) is 5.02 Å². The third-order valence-electron chi connectivity index (χ3n) is 3.20. The van der Waals surface area contributed by atoms with Crippen LogP contribution in [0.3, 0.4) is 0 Å². The van der Waals surface area contributed by atoms with Crippen LogP contribution in [0.15, 0.2) is 48.5 Å². The van der Waals surface area contributed by atoms with Gasteiger partial charge in [0.1, 0.15) is 11.4 Å². The van der Waals surface area contributed by atoms with Crippen molar-refractivity contribution in [3.8, 4) is 0 Å². The number of imide groups is 1. The molecule has 0 radical (unpaired) electrons. The molecule has 0 aliphatic carbocycles. The van der Waals surface area contributed by atoms with E-state index in [1.165, 1.54) is 31.3 Å². The minimum Gasteiger partial charge on any atom is -0.444 e. The number of amides is 3. The van der Waals surface area contributed by atoms with Crippen molar-refractivity contribution in [3.05, 3.63) is 70.5 Å². The lowest BCUT2D eigenvalue weighted by atomic mass is 10.1. The highest BCUT2D eigenvalue weighted by atomic mass is 35.5. The first-order chi connectivity index (χ1) is 11.9. The van der Waals surface area contributed by atoms with Gasteiger partial charge in [-0.2, -0.15) is 0 Å². The summed E-state index contributed by atoms with van der Waals surface area (Å²) in [6.07, 6.45) is -1.46. The molecule has 0 aromatic heterocycles. The average Bonchev–Trinajstić information content (AvgIpc) is 2.60. The fourth-order valence-corrected chi connectivity index (χ4v) is 2.24. The molecule has 8 heteroatoms. The van der Waals surface area contributed by atoms with E-state index in [0.717, 1.165) is 6.07 Å². The van der Waals surface area contributed by atoms with E-state index in [1.807, 2.05) is 5.32 Å². The Morgan fingerprint density at radius 3 is 2.36 bits per heavy atom. The fraction of sp³-hybridized carbons (Fsp3) is 0.118. The first-order valence-corrected chi connectivity index (χ1v) is 7.54. The zero-order chi connectivity index (χ0) is 18.4. The van der Waals surface area contributed by atoms with Crippen LogP contribution >= 0.6 is 11.6 Å². The molecule has 0 bridgehead atoms. The van der Waals surface area contributed by atoms with Crippen LogP contribution in [0.4, 0.5) is 9.18 Å². The van der Waals surface area contributed by atoms with Crippen LogP contribution in [0.5, 0.6) is 0 Å². The number of carbonyl (C=O) groups excluding carboxylic acids is 3. The van der Waals surface area contributed by atoms with E-state index in [9.17, 15) is 18.8 Å². The molecule has 0 aliphatic rings. The molecule has 2 aromatic carbocycles. The lowest BCUT2D eigenvalue weighted by Gasteiger charge is -2.18. The lowest BCUT2D eigenvalue weighted by Crippen LogP contribution is -2.41. The van der Waals surface area contributed by atoms with E-state index in [0.29, 0.717) is 5.56 Å². The number of carbonyl (C=O) groups is 3. The third-order valence-corrected chi connectivity index (χ3v) is 3.51. The quantitative estimate of drug-likeness (QED) is 0.817. The summed E-state index contributed by atoms with van der Waals surface area (Å²) in [4.78, 5) is 35.9. The molecule has 0 aliphatic heterocycles. The van der Waals surface area contributed by atoms with Crippen molar-refractivity contribution in [1.29, 1.82) is 0 Å². The molecule has 25 heavy (non-hydrogen) atoms. The summed E-state index contributed by atoms with van der Waals surface area (Å²) in [5.41, 5.74) is -0.178. The summed E-state index contributed by atoms with van der Waals surface area (Å²) in [5, 5.41) is 4.08. The Bertz CT molecular complexity index is 778. The number of ether oxygens (including phenoxy) is 1. The maximum absolute atomic E-state index is 13.9. The van der Waals surface area contributed by atoms with Gasteiger partial charge in [0.2, 0.25) is 6.10 Å². The van der Waals surface area contributed by atoms with Crippen LogP contribution in [0.1, 0.15) is 22.0 Å². The molecule has 0 fully saturated rings. The predicted octanol–water partition coefficient (Wildman–Crippen LogP) is 2.83. The van der Waals surface area contributed by atoms with Crippen LogP contribution in [0, 0.1) is 5.82 Å². The van der Waals surface area contributed by atoms with Crippen molar-refractivity contribution in [1.82, 2.24) is 10.6 Å². The van der Waals surface area contributed by atoms with Gasteiger partial charge in [0, 0.05) is 12.6 Å². The normalized spacial score (nSPS) is 11.3. The smallest absolute Gasteiger partial charge is 0.343 e. The lowest BCUT2D eigenvalue weighted by molar-refractivity contribution is -0.129. The molecular weight excluding hydrogens is 351 g/mol. The minimum atomic E-state index is -1.46. The van der Waals surface area contributed by atoms with Gasteiger partial charge in [-0.05, 0) is 12.1 Å². The molecule has 0 spiro atoms. The van der Waals surface area contributed by atoms with E-state index in [1.54, 1.807) is 18.2 Å². The van der Waals surface area contributed by atoms with Gasteiger partial charge in [-0.25, -0.2) is 14.0 Å². The first kappa shape index (κ1) is 18.4. The average molecular weight is 365 g/mol. The molecule has 6 nitrogen and oxygen atoms in total. The standard InChI is InChI=1S/C17H14ClFN2O4/c1-20-17(24)21-15(22)14(10-6-3-2-4-7-10)25-16(23)13-11(18)8-5-9-12(13)19/h2-9,14H,1H3,(H2,20,21,22,24). The number of urea groups is 1. The van der Waals surface area contributed by atoms with Crippen molar-refractivity contribution < 1.29 is 23.5 Å². The largest absolute Gasteiger partial charge is 0.444 e. The van der Waals surface area contributed by atoms with Crippen molar-refractivity contribution in [3.63, 3.8) is 0 Å². The summed E-state index contributed by atoms with van der Waals surface area (Å²) in [6, 6.07) is 10.9. The van der Waals surface area contributed by atoms with E-state index < -0.39 is 35.4 Å². The highest BCUT2D eigenvalue weighted by Crippen LogP contribution is 2.24. The van der Waals surface area contributed by atoms with Crippen molar-refractivity contribution in [2.75, 3.05) is 7.05 Å². The Kier molecular flexibility index (Phi) is 6.08. The molecule has 1 atom stereocenters. The highest BCUT2D eigenvalue weighted by Gasteiger charge is 2.28. The van der Waals surface area contributed by atoms with Crippen molar-refractivity contribution in [2.45, 2.75) is 6.10 Å². The zero-order valence-corrected chi connectivity index (χ0v) is 13.8. The van der Waals surface area contributed by atoms with Crippen LogP contribution < -0.4 is 10.6 Å². The molecule has 1 unspecified atom stereocenters. The van der Waals surface area contributed by atoms with E-state index >= 15 is 0 Å². The van der Waals surface area contributed by atoms with Gasteiger partial charge in [0.15, 0.2) is 0 Å². The summed E-state index contributed by atoms with van der Waals surface area (Å²) in [5.74, 6) is -2.88. The second-order valence-corrected chi connectivity index (χ2v) is 5.27. The number of nitrogens with one attached hydrogen (secondary N) is 2. The van der Waals surface area contributed by atoms with Gasteiger partial charge in [-0.3, -0.25) is 10.1 Å². The summed E-state index contributed by atoms with van der Waals surface area (Å²) < 4.78 is 19.0. The Balaban J connectivity index is 2.31. The van der Waals surface area contributed by atoms with Gasteiger partial charge < -0.3 is 10.1 Å². The van der Waals surface area contributed by atoms with Crippen LogP contribution in [0.25, 0.3) is 0 Å². The number of hydrogen-bond donors (Lipinski definition) is 2. The summed E-state index contributed by atoms with van der Waals surface area (Å²) in [6.45, 7) is 0. The maximum Gasteiger partial charge on any atom is 0.343 e. The highest BCUT2D eigenvalue weighted by molar-refractivity contribution is 6.33. The Morgan fingerprint density at radius 2 is 1.76 bits per heavy atom. The molecule has 2 N–H and O–H groups in total. The number of esters is 1. The van der Waals surface area contributed by atoms with E-state index in [4.69, 9.17) is 16.3 Å². The molecule has 2 aromatic rings. The Hall–Kier alpha value is -2.93. The van der Waals surface area contributed by atoms with E-state index in [2.05, 4.69) is 5.32 Å². The Labute approximate surface area is 147 Å². The summed E-state index contributed by atoms with van der Waals surface area (Å²) >= 11 is 5.83. The van der Waals surface area contributed by atoms with Crippen molar-refractivity contribution in [2.24, 2.45) is 0 Å². The zero-order valence-electron chi connectivity index (χ0n) is 13.1. The second-order valence-electron chi connectivity index (χ2n) is 4.86. The molecule has 2 rings (SSSR count). The van der Waals surface area contributed by atoms with Gasteiger partial charge in [0.05, 0.1) is 5.02 Å². The van der Waals surface area contributed by atoms with Crippen LogP contribution in [-0.4, -0.2) is 25.0 Å². The molecule has 0 saturated heterocycles. The van der Waals surface area contributed by atoms with Gasteiger partial charge in [0.25, 0.3) is 5.91 Å². The monoisotopic (exact) mass is 364 g/mol. The van der Waals surface area contributed by atoms with Gasteiger partial charge in [-0.15, -0.1) is 0 Å². The molecule has 0 heterocycles. The number of benzene rings is 2.